The largest absolute Gasteiger partial charge is 0.460 e. The molecule has 2 atom stereocenters. The van der Waals surface area contributed by atoms with Crippen molar-refractivity contribution < 1.29 is 9.53 Å². The molecule has 0 radical (unpaired) electrons. The highest BCUT2D eigenvalue weighted by Crippen LogP contribution is 2.39. The van der Waals surface area contributed by atoms with Crippen LogP contribution < -0.4 is 0 Å². The van der Waals surface area contributed by atoms with Crippen LogP contribution in [-0.4, -0.2) is 11.6 Å². The maximum atomic E-state index is 12.5. The second kappa shape index (κ2) is 6.95. The fraction of sp³-hybridized carbons (Fsp3) is 0.611. The number of carbonyl (C=O) groups is 1. The van der Waals surface area contributed by atoms with E-state index in [0.717, 1.165) is 24.6 Å². The Bertz CT molecular complexity index is 473. The average Bonchev–Trinajstić information content (AvgIpc) is 2.45. The maximum absolute atomic E-state index is 12.5. The molecule has 0 heterocycles. The molecule has 21 heavy (non-hydrogen) atoms. The summed E-state index contributed by atoms with van der Waals surface area (Å²) >= 11 is 3.47. The van der Waals surface area contributed by atoms with Crippen molar-refractivity contribution >= 4 is 21.9 Å². The van der Waals surface area contributed by atoms with Gasteiger partial charge in [0.15, 0.2) is 0 Å². The zero-order valence-electron chi connectivity index (χ0n) is 13.2. The number of rotatable bonds is 3. The van der Waals surface area contributed by atoms with Gasteiger partial charge in [0, 0.05) is 5.33 Å². The number of hydrogen-bond donors (Lipinski definition) is 0. The predicted molar refractivity (Wildman–Crippen MR) is 89.6 cm³/mol. The van der Waals surface area contributed by atoms with Gasteiger partial charge >= 0.3 is 5.97 Å². The van der Waals surface area contributed by atoms with Crippen molar-refractivity contribution in [1.29, 1.82) is 0 Å². The Hall–Kier alpha value is -0.830. The highest BCUT2D eigenvalue weighted by Gasteiger charge is 2.34. The first-order chi connectivity index (χ1) is 9.90. The molecule has 2 nitrogen and oxygen atoms in total. The third-order valence-electron chi connectivity index (χ3n) is 4.04. The van der Waals surface area contributed by atoms with Crippen molar-refractivity contribution in [3.8, 4) is 0 Å². The lowest BCUT2D eigenvalue weighted by Gasteiger charge is -2.32. The molecule has 0 aromatic heterocycles. The van der Waals surface area contributed by atoms with Crippen molar-refractivity contribution in [2.24, 2.45) is 5.92 Å². The van der Waals surface area contributed by atoms with Gasteiger partial charge in [-0.3, -0.25) is 4.79 Å². The standard InChI is InChI=1S/C18H25BrO2/c1-18(2,3)21-17(20)16-7-5-4-6-15(16)14-10-8-13(12-19)9-11-14/h8-11,15-16H,4-7,12H2,1-3H3/t15-,16+/m0/s1. The molecule has 2 rings (SSSR count). The monoisotopic (exact) mass is 352 g/mol. The molecule has 0 saturated heterocycles. The molecule has 0 N–H and O–H groups in total. The Balaban J connectivity index is 2.16. The Morgan fingerprint density at radius 2 is 1.81 bits per heavy atom. The van der Waals surface area contributed by atoms with E-state index in [1.54, 1.807) is 0 Å². The van der Waals surface area contributed by atoms with Crippen molar-refractivity contribution in [1.82, 2.24) is 0 Å². The zero-order valence-corrected chi connectivity index (χ0v) is 14.8. The summed E-state index contributed by atoms with van der Waals surface area (Å²) in [4.78, 5) is 12.5. The van der Waals surface area contributed by atoms with Crippen molar-refractivity contribution in [2.75, 3.05) is 0 Å². The number of esters is 1. The molecular formula is C18H25BrO2. The normalized spacial score (nSPS) is 22.9. The Morgan fingerprint density at radius 3 is 2.38 bits per heavy atom. The number of carbonyl (C=O) groups excluding carboxylic acids is 1. The van der Waals surface area contributed by atoms with Crippen LogP contribution in [0.1, 0.15) is 63.5 Å². The van der Waals surface area contributed by atoms with Crippen LogP contribution in [-0.2, 0) is 14.9 Å². The summed E-state index contributed by atoms with van der Waals surface area (Å²) in [6.45, 7) is 5.81. The maximum Gasteiger partial charge on any atom is 0.310 e. The molecule has 0 bridgehead atoms. The zero-order chi connectivity index (χ0) is 15.5. The molecule has 1 saturated carbocycles. The van der Waals surface area contributed by atoms with Gasteiger partial charge in [0.2, 0.25) is 0 Å². The van der Waals surface area contributed by atoms with Crippen LogP contribution in [0, 0.1) is 5.92 Å². The summed E-state index contributed by atoms with van der Waals surface area (Å²) in [6.07, 6.45) is 4.35. The molecule has 1 aliphatic rings. The first-order valence-electron chi connectivity index (χ1n) is 7.78. The first-order valence-corrected chi connectivity index (χ1v) is 8.90. The molecule has 0 aliphatic heterocycles. The summed E-state index contributed by atoms with van der Waals surface area (Å²) in [5.74, 6) is 0.280. The molecule has 1 aromatic rings. The fourth-order valence-corrected chi connectivity index (χ4v) is 3.42. The third kappa shape index (κ3) is 4.57. The van der Waals surface area contributed by atoms with Crippen LogP contribution >= 0.6 is 15.9 Å². The van der Waals surface area contributed by atoms with Crippen LogP contribution in [0.25, 0.3) is 0 Å². The van der Waals surface area contributed by atoms with Crippen LogP contribution in [0.15, 0.2) is 24.3 Å². The van der Waals surface area contributed by atoms with Crippen molar-refractivity contribution in [3.63, 3.8) is 0 Å². The highest BCUT2D eigenvalue weighted by molar-refractivity contribution is 9.08. The van der Waals surface area contributed by atoms with Crippen LogP contribution in [0.2, 0.25) is 0 Å². The van der Waals surface area contributed by atoms with Gasteiger partial charge in [-0.2, -0.15) is 0 Å². The SMILES string of the molecule is CC(C)(C)OC(=O)[C@@H]1CCCC[C@H]1c1ccc(CBr)cc1. The number of alkyl halides is 1. The molecule has 0 spiro atoms. The van der Waals surface area contributed by atoms with E-state index in [9.17, 15) is 4.79 Å². The summed E-state index contributed by atoms with van der Waals surface area (Å²) in [5.41, 5.74) is 2.14. The lowest BCUT2D eigenvalue weighted by Crippen LogP contribution is -2.33. The van der Waals surface area contributed by atoms with Gasteiger partial charge < -0.3 is 4.74 Å². The summed E-state index contributed by atoms with van der Waals surface area (Å²) in [7, 11) is 0. The second-order valence-corrected chi connectivity index (χ2v) is 7.47. The fourth-order valence-electron chi connectivity index (χ4n) is 3.04. The van der Waals surface area contributed by atoms with Crippen molar-refractivity contribution in [2.45, 2.75) is 63.3 Å². The van der Waals surface area contributed by atoms with E-state index in [-0.39, 0.29) is 11.9 Å². The van der Waals surface area contributed by atoms with Crippen LogP contribution in [0.5, 0.6) is 0 Å². The van der Waals surface area contributed by atoms with Gasteiger partial charge in [-0.1, -0.05) is 53.0 Å². The van der Waals surface area contributed by atoms with Gasteiger partial charge in [-0.15, -0.1) is 0 Å². The number of halogens is 1. The second-order valence-electron chi connectivity index (χ2n) is 6.91. The Morgan fingerprint density at radius 1 is 1.19 bits per heavy atom. The number of ether oxygens (including phenoxy) is 1. The lowest BCUT2D eigenvalue weighted by atomic mass is 9.75. The third-order valence-corrected chi connectivity index (χ3v) is 4.69. The highest BCUT2D eigenvalue weighted by atomic mass is 79.9. The van der Waals surface area contributed by atoms with E-state index in [1.807, 2.05) is 20.8 Å². The van der Waals surface area contributed by atoms with Crippen molar-refractivity contribution in [3.05, 3.63) is 35.4 Å². The van der Waals surface area contributed by atoms with E-state index < -0.39 is 5.60 Å². The van der Waals surface area contributed by atoms with E-state index in [1.165, 1.54) is 17.5 Å². The van der Waals surface area contributed by atoms with Gasteiger partial charge in [-0.25, -0.2) is 0 Å². The molecule has 1 fully saturated rings. The van der Waals surface area contributed by atoms with Gasteiger partial charge in [0.1, 0.15) is 5.60 Å². The number of benzene rings is 1. The number of hydrogen-bond acceptors (Lipinski definition) is 2. The molecule has 1 aliphatic carbocycles. The van der Waals surface area contributed by atoms with Gasteiger partial charge in [0.25, 0.3) is 0 Å². The lowest BCUT2D eigenvalue weighted by molar-refractivity contribution is -0.161. The molecule has 0 amide bonds. The van der Waals surface area contributed by atoms with Crippen LogP contribution in [0.4, 0.5) is 0 Å². The quantitative estimate of drug-likeness (QED) is 0.552. The Kier molecular flexibility index (Phi) is 5.48. The van der Waals surface area contributed by atoms with E-state index in [0.29, 0.717) is 5.92 Å². The summed E-state index contributed by atoms with van der Waals surface area (Å²) < 4.78 is 5.63. The van der Waals surface area contributed by atoms with Gasteiger partial charge in [0.05, 0.1) is 5.92 Å². The van der Waals surface area contributed by atoms with E-state index in [4.69, 9.17) is 4.74 Å². The minimum Gasteiger partial charge on any atom is -0.460 e. The van der Waals surface area contributed by atoms with Gasteiger partial charge in [-0.05, 0) is 50.7 Å². The topological polar surface area (TPSA) is 26.3 Å². The van der Waals surface area contributed by atoms with E-state index >= 15 is 0 Å². The minimum absolute atomic E-state index is 0.00722. The first kappa shape index (κ1) is 16.5. The molecule has 1 aromatic carbocycles. The Labute approximate surface area is 136 Å². The molecule has 3 heteroatoms. The van der Waals surface area contributed by atoms with E-state index in [2.05, 4.69) is 40.2 Å². The summed E-state index contributed by atoms with van der Waals surface area (Å²) in [5, 5.41) is 0.868. The smallest absolute Gasteiger partial charge is 0.310 e. The summed E-state index contributed by atoms with van der Waals surface area (Å²) in [6, 6.07) is 8.63. The predicted octanol–water partition coefficient (Wildman–Crippen LogP) is 5.20. The molecule has 116 valence electrons. The molecule has 0 unspecified atom stereocenters. The van der Waals surface area contributed by atoms with Crippen LogP contribution in [0.3, 0.4) is 0 Å². The average molecular weight is 353 g/mol. The molecular weight excluding hydrogens is 328 g/mol. The minimum atomic E-state index is -0.404.